The number of rotatable bonds is 7. The van der Waals surface area contributed by atoms with E-state index in [1.54, 1.807) is 0 Å². The maximum atomic E-state index is 9.33. The molecule has 0 aliphatic heterocycles. The highest BCUT2D eigenvalue weighted by Crippen LogP contribution is 2.17. The fourth-order valence-corrected chi connectivity index (χ4v) is 1.96. The molecule has 1 aromatic carbocycles. The minimum Gasteiger partial charge on any atom is -0.395 e. The van der Waals surface area contributed by atoms with Crippen molar-refractivity contribution in [3.05, 3.63) is 29.8 Å². The SMILES string of the molecule is CCCNC(CO)CN(C)c1ccccc1C. The summed E-state index contributed by atoms with van der Waals surface area (Å²) < 4.78 is 0. The highest BCUT2D eigenvalue weighted by molar-refractivity contribution is 5.52. The molecule has 0 bridgehead atoms. The summed E-state index contributed by atoms with van der Waals surface area (Å²) >= 11 is 0. The summed E-state index contributed by atoms with van der Waals surface area (Å²) in [6.45, 7) is 6.19. The maximum Gasteiger partial charge on any atom is 0.0601 e. The Hall–Kier alpha value is -1.06. The zero-order valence-corrected chi connectivity index (χ0v) is 11.1. The molecule has 0 saturated heterocycles. The van der Waals surface area contributed by atoms with E-state index in [9.17, 15) is 5.11 Å². The monoisotopic (exact) mass is 236 g/mol. The molecule has 0 aliphatic carbocycles. The summed E-state index contributed by atoms with van der Waals surface area (Å²) in [5.41, 5.74) is 2.49. The second kappa shape index (κ2) is 7.30. The van der Waals surface area contributed by atoms with E-state index in [1.807, 2.05) is 12.1 Å². The lowest BCUT2D eigenvalue weighted by Gasteiger charge is -2.26. The molecule has 1 atom stereocenters. The van der Waals surface area contributed by atoms with E-state index >= 15 is 0 Å². The number of nitrogens with one attached hydrogen (secondary N) is 1. The Morgan fingerprint density at radius 2 is 2.06 bits per heavy atom. The molecule has 0 saturated carbocycles. The molecule has 1 rings (SSSR count). The topological polar surface area (TPSA) is 35.5 Å². The Morgan fingerprint density at radius 3 is 2.65 bits per heavy atom. The highest BCUT2D eigenvalue weighted by Gasteiger charge is 2.11. The van der Waals surface area contributed by atoms with Gasteiger partial charge in [0.1, 0.15) is 0 Å². The average Bonchev–Trinajstić information content (AvgIpc) is 2.34. The number of hydrogen-bond donors (Lipinski definition) is 2. The molecule has 0 radical (unpaired) electrons. The predicted octanol–water partition coefficient (Wildman–Crippen LogP) is 1.79. The van der Waals surface area contributed by atoms with Crippen molar-refractivity contribution in [2.24, 2.45) is 0 Å². The molecule has 3 nitrogen and oxygen atoms in total. The Balaban J connectivity index is 2.58. The second-order valence-corrected chi connectivity index (χ2v) is 4.50. The Morgan fingerprint density at radius 1 is 1.35 bits per heavy atom. The zero-order valence-electron chi connectivity index (χ0n) is 11.1. The van der Waals surface area contributed by atoms with Crippen LogP contribution in [-0.2, 0) is 0 Å². The standard InChI is InChI=1S/C14H24N2O/c1-4-9-15-13(11-17)10-16(3)14-8-6-5-7-12(14)2/h5-8,13,15,17H,4,9-11H2,1-3H3. The number of aliphatic hydroxyl groups is 1. The molecule has 0 aromatic heterocycles. The van der Waals surface area contributed by atoms with Crippen LogP contribution in [0.5, 0.6) is 0 Å². The van der Waals surface area contributed by atoms with Crippen molar-refractivity contribution in [3.63, 3.8) is 0 Å². The number of nitrogens with zero attached hydrogens (tertiary/aromatic N) is 1. The minimum atomic E-state index is 0.138. The van der Waals surface area contributed by atoms with Crippen molar-refractivity contribution >= 4 is 5.69 Å². The Labute approximate surface area is 104 Å². The van der Waals surface area contributed by atoms with Crippen molar-refractivity contribution in [1.29, 1.82) is 0 Å². The molecule has 1 aromatic rings. The predicted molar refractivity (Wildman–Crippen MR) is 73.6 cm³/mol. The first-order chi connectivity index (χ1) is 8.19. The molecular formula is C14H24N2O. The fraction of sp³-hybridized carbons (Fsp3) is 0.571. The maximum absolute atomic E-state index is 9.33. The third kappa shape index (κ3) is 4.36. The van der Waals surface area contributed by atoms with Crippen molar-refractivity contribution in [2.75, 3.05) is 31.6 Å². The van der Waals surface area contributed by atoms with Crippen LogP contribution in [0.4, 0.5) is 5.69 Å². The molecule has 0 spiro atoms. The average molecular weight is 236 g/mol. The number of aliphatic hydroxyl groups excluding tert-OH is 1. The van der Waals surface area contributed by atoms with E-state index in [-0.39, 0.29) is 12.6 Å². The van der Waals surface area contributed by atoms with Gasteiger partial charge in [0.2, 0.25) is 0 Å². The van der Waals surface area contributed by atoms with Crippen molar-refractivity contribution in [3.8, 4) is 0 Å². The summed E-state index contributed by atoms with van der Waals surface area (Å²) in [7, 11) is 2.07. The molecule has 3 heteroatoms. The summed E-state index contributed by atoms with van der Waals surface area (Å²) in [6.07, 6.45) is 1.09. The molecule has 96 valence electrons. The van der Waals surface area contributed by atoms with E-state index in [0.29, 0.717) is 0 Å². The minimum absolute atomic E-state index is 0.138. The van der Waals surface area contributed by atoms with Gasteiger partial charge in [0.25, 0.3) is 0 Å². The van der Waals surface area contributed by atoms with Crippen LogP contribution in [0.1, 0.15) is 18.9 Å². The van der Waals surface area contributed by atoms with Gasteiger partial charge in [0.05, 0.1) is 6.61 Å². The van der Waals surface area contributed by atoms with Gasteiger partial charge in [-0.25, -0.2) is 0 Å². The first kappa shape index (κ1) is 14.0. The highest BCUT2D eigenvalue weighted by atomic mass is 16.3. The van der Waals surface area contributed by atoms with Crippen LogP contribution in [-0.4, -0.2) is 37.9 Å². The lowest BCUT2D eigenvalue weighted by atomic mass is 10.1. The quantitative estimate of drug-likeness (QED) is 0.757. The van der Waals surface area contributed by atoms with E-state index in [4.69, 9.17) is 0 Å². The first-order valence-electron chi connectivity index (χ1n) is 6.30. The lowest BCUT2D eigenvalue weighted by Crippen LogP contribution is -2.42. The van der Waals surface area contributed by atoms with E-state index < -0.39 is 0 Å². The van der Waals surface area contributed by atoms with Crippen LogP contribution in [0.3, 0.4) is 0 Å². The number of hydrogen-bond acceptors (Lipinski definition) is 3. The van der Waals surface area contributed by atoms with Gasteiger partial charge >= 0.3 is 0 Å². The van der Waals surface area contributed by atoms with Gasteiger partial charge in [-0.2, -0.15) is 0 Å². The Bertz CT molecular complexity index is 328. The normalized spacial score (nSPS) is 12.5. The van der Waals surface area contributed by atoms with E-state index in [0.717, 1.165) is 19.5 Å². The number of para-hydroxylation sites is 1. The largest absolute Gasteiger partial charge is 0.395 e. The van der Waals surface area contributed by atoms with Crippen LogP contribution < -0.4 is 10.2 Å². The van der Waals surface area contributed by atoms with Crippen LogP contribution >= 0.6 is 0 Å². The van der Waals surface area contributed by atoms with Crippen molar-refractivity contribution in [2.45, 2.75) is 26.3 Å². The van der Waals surface area contributed by atoms with Gasteiger partial charge in [0.15, 0.2) is 0 Å². The summed E-state index contributed by atoms with van der Waals surface area (Å²) in [4.78, 5) is 2.19. The second-order valence-electron chi connectivity index (χ2n) is 4.50. The third-order valence-corrected chi connectivity index (χ3v) is 2.92. The number of anilines is 1. The van der Waals surface area contributed by atoms with Gasteiger partial charge in [-0.05, 0) is 31.5 Å². The summed E-state index contributed by atoms with van der Waals surface area (Å²) in [6, 6.07) is 8.46. The van der Waals surface area contributed by atoms with Gasteiger partial charge < -0.3 is 15.3 Å². The van der Waals surface area contributed by atoms with Crippen LogP contribution in [0.15, 0.2) is 24.3 Å². The first-order valence-corrected chi connectivity index (χ1v) is 6.30. The molecule has 1 unspecified atom stereocenters. The molecule has 17 heavy (non-hydrogen) atoms. The van der Waals surface area contributed by atoms with E-state index in [1.165, 1.54) is 11.3 Å². The molecule has 2 N–H and O–H groups in total. The zero-order chi connectivity index (χ0) is 12.7. The molecule has 0 amide bonds. The number of likely N-dealkylation sites (N-methyl/N-ethyl adjacent to an activating group) is 1. The van der Waals surface area contributed by atoms with E-state index in [2.05, 4.69) is 43.2 Å². The van der Waals surface area contributed by atoms with Gasteiger partial charge in [-0.15, -0.1) is 0 Å². The van der Waals surface area contributed by atoms with Crippen LogP contribution in [0.25, 0.3) is 0 Å². The molecule has 0 heterocycles. The number of aryl methyl sites for hydroxylation is 1. The van der Waals surface area contributed by atoms with Crippen molar-refractivity contribution in [1.82, 2.24) is 5.32 Å². The molecular weight excluding hydrogens is 212 g/mol. The smallest absolute Gasteiger partial charge is 0.0601 e. The fourth-order valence-electron chi connectivity index (χ4n) is 1.96. The Kier molecular flexibility index (Phi) is 6.01. The molecule has 0 fully saturated rings. The molecule has 0 aliphatic rings. The van der Waals surface area contributed by atoms with Crippen LogP contribution in [0.2, 0.25) is 0 Å². The van der Waals surface area contributed by atoms with Crippen LogP contribution in [0, 0.1) is 6.92 Å². The lowest BCUT2D eigenvalue weighted by molar-refractivity contribution is 0.245. The van der Waals surface area contributed by atoms with Gasteiger partial charge in [-0.3, -0.25) is 0 Å². The van der Waals surface area contributed by atoms with Crippen molar-refractivity contribution < 1.29 is 5.11 Å². The summed E-state index contributed by atoms with van der Waals surface area (Å²) in [5.74, 6) is 0. The summed E-state index contributed by atoms with van der Waals surface area (Å²) in [5, 5.41) is 12.7. The van der Waals surface area contributed by atoms with Gasteiger partial charge in [0, 0.05) is 25.3 Å². The number of benzene rings is 1. The van der Waals surface area contributed by atoms with Gasteiger partial charge in [-0.1, -0.05) is 25.1 Å². The third-order valence-electron chi connectivity index (χ3n) is 2.92.